The van der Waals surface area contributed by atoms with E-state index in [9.17, 15) is 67.6 Å². The first-order valence-corrected chi connectivity index (χ1v) is 51.9. The predicted molar refractivity (Wildman–Crippen MR) is 531 cm³/mol. The summed E-state index contributed by atoms with van der Waals surface area (Å²) >= 11 is 3.96. The predicted octanol–water partition coefficient (Wildman–Crippen LogP) is 16.6. The number of amides is 4. The van der Waals surface area contributed by atoms with Crippen LogP contribution in [0.2, 0.25) is 0 Å². The van der Waals surface area contributed by atoms with Gasteiger partial charge in [0, 0.05) is 116 Å². The van der Waals surface area contributed by atoms with Gasteiger partial charge in [-0.05, 0) is 181 Å². The highest BCUT2D eigenvalue weighted by molar-refractivity contribution is 8.00. The van der Waals surface area contributed by atoms with Gasteiger partial charge in [0.1, 0.15) is 24.7 Å². The highest BCUT2D eigenvalue weighted by Gasteiger charge is 2.61. The van der Waals surface area contributed by atoms with Crippen molar-refractivity contribution in [3.63, 3.8) is 0 Å². The van der Waals surface area contributed by atoms with E-state index in [0.29, 0.717) is 87.7 Å². The summed E-state index contributed by atoms with van der Waals surface area (Å²) in [5.74, 6) is -7.06. The summed E-state index contributed by atoms with van der Waals surface area (Å²) in [5.41, 5.74) is 9.72. The highest BCUT2D eigenvalue weighted by atomic mass is 32.2. The number of carbonyl (C=O) groups excluding carboxylic acids is 4. The Kier molecular flexibility index (Phi) is 22.2. The van der Waals surface area contributed by atoms with Crippen molar-refractivity contribution >= 4 is 47.2 Å². The van der Waals surface area contributed by atoms with Crippen LogP contribution < -0.4 is 41.8 Å². The third-order valence-corrected chi connectivity index (χ3v) is 36.4. The summed E-state index contributed by atoms with van der Waals surface area (Å²) in [6, 6.07) is 59.5. The molecular weight excluding hydrogens is 1880 g/mol. The number of piperidine rings is 2. The number of rotatable bonds is 4. The topological polar surface area (TPSA) is 282 Å². The molecule has 4 unspecified atom stereocenters. The second-order valence-corrected chi connectivity index (χ2v) is 43.5. The zero-order valence-electron chi connectivity index (χ0n) is 78.8. The normalized spacial score (nSPS) is 23.8. The quantitative estimate of drug-likeness (QED) is 0.119. The van der Waals surface area contributed by atoms with Crippen LogP contribution in [0.25, 0.3) is 0 Å². The molecule has 12 aromatic rings. The van der Waals surface area contributed by atoms with Crippen molar-refractivity contribution in [1.82, 2.24) is 38.3 Å². The van der Waals surface area contributed by atoms with Gasteiger partial charge in [0.15, 0.2) is 69.0 Å². The van der Waals surface area contributed by atoms with Crippen LogP contribution in [0.4, 0.5) is 17.6 Å². The van der Waals surface area contributed by atoms with Crippen molar-refractivity contribution in [2.45, 2.75) is 207 Å². The molecule has 4 aromatic heterocycles. The van der Waals surface area contributed by atoms with Crippen LogP contribution in [0.3, 0.4) is 0 Å². The largest absolute Gasteiger partial charge is 0.502 e. The first kappa shape index (κ1) is 91.4. The minimum Gasteiger partial charge on any atom is -0.502 e. The number of fused-ring (bicyclic) bond motifs is 22. The third kappa shape index (κ3) is 13.9. The molecule has 144 heavy (non-hydrogen) atoms. The van der Waals surface area contributed by atoms with Gasteiger partial charge in [-0.25, -0.2) is 17.6 Å². The van der Waals surface area contributed by atoms with Gasteiger partial charge >= 0.3 is 0 Å². The van der Waals surface area contributed by atoms with E-state index in [-0.39, 0.29) is 80.8 Å². The number of hydrogen-bond acceptors (Lipinski definition) is 20. The number of hydrogen-bond donors (Lipinski definition) is 4. The minimum absolute atomic E-state index is 0.0113. The molecule has 8 fully saturated rings. The molecule has 4 saturated carbocycles. The monoisotopic (exact) mass is 1980 g/mol. The van der Waals surface area contributed by atoms with Gasteiger partial charge < -0.3 is 49.5 Å². The summed E-state index contributed by atoms with van der Waals surface area (Å²) < 4.78 is 78.5. The molecule has 4 saturated heterocycles. The van der Waals surface area contributed by atoms with Crippen LogP contribution in [0, 0.1) is 23.3 Å². The van der Waals surface area contributed by atoms with Crippen LogP contribution >= 0.6 is 23.5 Å². The summed E-state index contributed by atoms with van der Waals surface area (Å²) in [7, 11) is 0. The number of aromatic nitrogens is 4. The molecule has 26 nitrogen and oxygen atoms in total. The average Bonchev–Trinajstić information content (AvgIpc) is 1.46. The zero-order valence-corrected chi connectivity index (χ0v) is 80.4. The molecule has 16 aliphatic rings. The fourth-order valence-corrected chi connectivity index (χ4v) is 29.9. The number of ether oxygens (including phenoxy) is 2. The van der Waals surface area contributed by atoms with E-state index < -0.39 is 103 Å². The molecular formula is C112H104F4N12O14S2. The molecule has 10 aliphatic heterocycles. The number of halogens is 4. The van der Waals surface area contributed by atoms with Gasteiger partial charge in [0.05, 0.1) is 50.6 Å². The molecule has 0 radical (unpaired) electrons. The SMILES string of the molecule is O=C1c2c(O)c(=O)ccn2N(C2c3ccccc3C3(CC3)c3c2ccc(F)c3F)C2CCCCN12.O=C1c2c(O)c(=O)ccn2N(C2c3ccccc3SC3(CCCCC3)c3ccccc32)C2COCCN12.O=C1c2c(O)c(=O)ccn2N([C@@H]2c3ccccc3C3(CC3)c3c2ccc(F)c3F)[C@@H]2CCCCN12.O=C1c2c(O)c(=O)ccn2N([C@@H]2c3ccccc3SC3(CCCCC3)c3ccccc32)[C@@H]2COCCN12. The Balaban J connectivity index is 0.000000101. The van der Waals surface area contributed by atoms with Gasteiger partial charge in [-0.2, -0.15) is 0 Å². The second kappa shape index (κ2) is 35.0. The maximum absolute atomic E-state index is 15.5. The van der Waals surface area contributed by atoms with Gasteiger partial charge in [0.2, 0.25) is 21.7 Å². The number of thioether (sulfide) groups is 2. The van der Waals surface area contributed by atoms with E-state index in [1.54, 1.807) is 62.8 Å². The zero-order chi connectivity index (χ0) is 98.4. The summed E-state index contributed by atoms with van der Waals surface area (Å²) in [5, 5.41) is 51.2. The van der Waals surface area contributed by atoms with Crippen molar-refractivity contribution in [3.05, 3.63) is 384 Å². The molecule has 4 N–H and O–H groups in total. The van der Waals surface area contributed by atoms with Crippen LogP contribution in [0.15, 0.2) is 248 Å². The smallest absolute Gasteiger partial charge is 0.278 e. The van der Waals surface area contributed by atoms with Gasteiger partial charge in [-0.1, -0.05) is 184 Å². The molecule has 14 heterocycles. The summed E-state index contributed by atoms with van der Waals surface area (Å²) in [6.07, 6.45) is 24.3. The lowest BCUT2D eigenvalue weighted by molar-refractivity contribution is -0.0198. The fourth-order valence-electron chi connectivity index (χ4n) is 26.6. The number of morpholine rings is 2. The first-order chi connectivity index (χ1) is 70.1. The van der Waals surface area contributed by atoms with Crippen molar-refractivity contribution in [2.75, 3.05) is 72.6 Å². The standard InChI is InChI=1S/2C29H29N3O4S.2C27H23F2N3O3/c2*33-22-12-15-31-26(27(22)34)28(35)30-16-17-36-18-24(30)32(31)25-19-8-2-4-10-21(19)29(13-6-1-7-14-29)37-23-11-5-3-9-20(23)25;2*28-18-9-8-16-21(22(18)29)27(11-12-27)17-6-2-1-5-15(17)23(16)32-20-7-3-4-13-30(20)26(35)24-25(34)19(33)10-14-31(24)32/h2*2-5,8-12,15,24-25,34H,1,6-7,13-14,16-18H2;2*1-2,5-6,8-10,14,20,23,34H,3-4,7,11-13H2/t24-,25+;;20-,23-;/m1.1./s1. The van der Waals surface area contributed by atoms with Crippen LogP contribution in [-0.2, 0) is 29.8 Å². The Labute approximate surface area is 833 Å². The van der Waals surface area contributed by atoms with Gasteiger partial charge in [-0.15, -0.1) is 23.5 Å². The summed E-state index contributed by atoms with van der Waals surface area (Å²) in [4.78, 5) is 113. The number of benzene rings is 8. The van der Waals surface area contributed by atoms with E-state index in [2.05, 4.69) is 107 Å². The second-order valence-electron chi connectivity index (χ2n) is 40.6. The summed E-state index contributed by atoms with van der Waals surface area (Å²) in [6.45, 7) is 3.31. The third-order valence-electron chi connectivity index (χ3n) is 33.2. The maximum atomic E-state index is 15.5. The Morgan fingerprint density at radius 3 is 0.924 bits per heavy atom. The van der Waals surface area contributed by atoms with Crippen LogP contribution in [0.5, 0.6) is 23.0 Å². The van der Waals surface area contributed by atoms with Crippen LogP contribution in [0.1, 0.15) is 272 Å². The van der Waals surface area contributed by atoms with Crippen molar-refractivity contribution in [3.8, 4) is 23.0 Å². The van der Waals surface area contributed by atoms with Crippen molar-refractivity contribution < 1.29 is 66.6 Å². The molecule has 8 atom stereocenters. The fraction of sp³-hybridized carbons (Fsp3) is 0.357. The Hall–Kier alpha value is -13.8. The molecule has 32 heteroatoms. The number of carbonyl (C=O) groups is 4. The molecule has 4 spiro atoms. The Morgan fingerprint density at radius 2 is 0.583 bits per heavy atom. The number of aromatic hydroxyl groups is 4. The van der Waals surface area contributed by atoms with E-state index in [1.807, 2.05) is 82.1 Å². The van der Waals surface area contributed by atoms with E-state index in [4.69, 9.17) is 9.47 Å². The lowest BCUT2D eigenvalue weighted by Gasteiger charge is -2.53. The first-order valence-electron chi connectivity index (χ1n) is 50.3. The van der Waals surface area contributed by atoms with E-state index in [1.165, 1.54) is 119 Å². The molecule has 4 amide bonds. The maximum Gasteiger partial charge on any atom is 0.278 e. The molecule has 0 bridgehead atoms. The van der Waals surface area contributed by atoms with E-state index >= 15 is 8.78 Å². The Morgan fingerprint density at radius 1 is 0.292 bits per heavy atom. The van der Waals surface area contributed by atoms with Crippen LogP contribution in [-0.4, -0.2) is 160 Å². The average molecular weight is 1980 g/mol. The number of pyridine rings is 4. The lowest BCUT2D eigenvalue weighted by Crippen LogP contribution is -2.66. The van der Waals surface area contributed by atoms with Crippen molar-refractivity contribution in [2.24, 2.45) is 0 Å². The van der Waals surface area contributed by atoms with Gasteiger partial charge in [-0.3, -0.25) is 77.1 Å². The lowest BCUT2D eigenvalue weighted by atomic mass is 9.72. The molecule has 736 valence electrons. The molecule has 28 rings (SSSR count). The molecule has 6 aliphatic carbocycles. The minimum atomic E-state index is -0.872. The van der Waals surface area contributed by atoms with Gasteiger partial charge in [0.25, 0.3) is 23.6 Å². The van der Waals surface area contributed by atoms with E-state index in [0.717, 1.165) is 110 Å². The Bertz CT molecular complexity index is 7180. The highest BCUT2D eigenvalue weighted by Crippen LogP contribution is 2.66. The number of nitrogens with zero attached hydrogens (tertiary/aromatic N) is 12. The molecule has 8 aromatic carbocycles. The van der Waals surface area contributed by atoms with Crippen molar-refractivity contribution in [1.29, 1.82) is 0 Å².